The van der Waals surface area contributed by atoms with E-state index in [4.69, 9.17) is 5.73 Å². The SMILES string of the molecule is CC1(C)CCN(C(=O)Cc2csc(N)n2)CCS1. The van der Waals surface area contributed by atoms with Gasteiger partial charge in [-0.1, -0.05) is 13.8 Å². The van der Waals surface area contributed by atoms with Crippen molar-refractivity contribution in [2.24, 2.45) is 0 Å². The highest BCUT2D eigenvalue weighted by atomic mass is 32.2. The number of nitrogens with two attached hydrogens (primary N) is 1. The largest absolute Gasteiger partial charge is 0.375 e. The summed E-state index contributed by atoms with van der Waals surface area (Å²) in [6.07, 6.45) is 1.42. The Morgan fingerprint density at radius 2 is 2.33 bits per heavy atom. The van der Waals surface area contributed by atoms with Crippen molar-refractivity contribution < 1.29 is 4.79 Å². The van der Waals surface area contributed by atoms with Crippen LogP contribution in [-0.4, -0.2) is 39.4 Å². The molecule has 1 saturated heterocycles. The monoisotopic (exact) mass is 285 g/mol. The molecule has 1 aromatic rings. The number of aromatic nitrogens is 1. The van der Waals surface area contributed by atoms with Crippen molar-refractivity contribution in [3.63, 3.8) is 0 Å². The van der Waals surface area contributed by atoms with Gasteiger partial charge < -0.3 is 10.6 Å². The molecular weight excluding hydrogens is 266 g/mol. The average molecular weight is 285 g/mol. The van der Waals surface area contributed by atoms with E-state index in [-0.39, 0.29) is 10.7 Å². The van der Waals surface area contributed by atoms with E-state index in [0.29, 0.717) is 11.6 Å². The molecule has 0 atom stereocenters. The molecule has 1 fully saturated rings. The Morgan fingerprint density at radius 1 is 1.56 bits per heavy atom. The van der Waals surface area contributed by atoms with Crippen LogP contribution in [0.3, 0.4) is 0 Å². The van der Waals surface area contributed by atoms with Crippen LogP contribution in [0.2, 0.25) is 0 Å². The first-order valence-corrected chi connectivity index (χ1v) is 7.94. The Kier molecular flexibility index (Phi) is 4.17. The Morgan fingerprint density at radius 3 is 3.00 bits per heavy atom. The molecule has 0 saturated carbocycles. The number of nitrogens with zero attached hydrogens (tertiary/aromatic N) is 2. The second-order valence-electron chi connectivity index (χ2n) is 5.09. The van der Waals surface area contributed by atoms with E-state index in [0.717, 1.165) is 31.0 Å². The van der Waals surface area contributed by atoms with Crippen molar-refractivity contribution in [2.75, 3.05) is 24.6 Å². The lowest BCUT2D eigenvalue weighted by Gasteiger charge is -2.22. The number of thiazole rings is 1. The van der Waals surface area contributed by atoms with E-state index >= 15 is 0 Å². The molecule has 0 spiro atoms. The molecule has 1 amide bonds. The molecule has 18 heavy (non-hydrogen) atoms. The molecule has 2 N–H and O–H groups in total. The Balaban J connectivity index is 1.93. The van der Waals surface area contributed by atoms with Crippen molar-refractivity contribution in [1.29, 1.82) is 0 Å². The highest BCUT2D eigenvalue weighted by molar-refractivity contribution is 8.00. The van der Waals surface area contributed by atoms with Gasteiger partial charge in [0.05, 0.1) is 12.1 Å². The summed E-state index contributed by atoms with van der Waals surface area (Å²) in [5.74, 6) is 1.18. The number of anilines is 1. The fraction of sp³-hybridized carbons (Fsp3) is 0.667. The van der Waals surface area contributed by atoms with Crippen LogP contribution in [0.4, 0.5) is 5.13 Å². The van der Waals surface area contributed by atoms with Crippen LogP contribution in [0.15, 0.2) is 5.38 Å². The molecule has 4 nitrogen and oxygen atoms in total. The van der Waals surface area contributed by atoms with E-state index < -0.39 is 0 Å². The fourth-order valence-electron chi connectivity index (χ4n) is 1.94. The van der Waals surface area contributed by atoms with Crippen LogP contribution in [0.5, 0.6) is 0 Å². The minimum atomic E-state index is 0.165. The second-order valence-corrected chi connectivity index (χ2v) is 7.78. The zero-order valence-corrected chi connectivity index (χ0v) is 12.4. The summed E-state index contributed by atoms with van der Waals surface area (Å²) < 4.78 is 0.278. The third kappa shape index (κ3) is 3.62. The van der Waals surface area contributed by atoms with E-state index in [1.165, 1.54) is 11.3 Å². The van der Waals surface area contributed by atoms with Crippen LogP contribution in [-0.2, 0) is 11.2 Å². The van der Waals surface area contributed by atoms with Crippen LogP contribution in [0, 0.1) is 0 Å². The van der Waals surface area contributed by atoms with Gasteiger partial charge in [-0.2, -0.15) is 11.8 Å². The molecule has 6 heteroatoms. The molecule has 0 aliphatic carbocycles. The van der Waals surface area contributed by atoms with Crippen molar-refractivity contribution >= 4 is 34.1 Å². The first-order valence-electron chi connectivity index (χ1n) is 6.08. The lowest BCUT2D eigenvalue weighted by molar-refractivity contribution is -0.130. The van der Waals surface area contributed by atoms with Crippen LogP contribution in [0.25, 0.3) is 0 Å². The van der Waals surface area contributed by atoms with Gasteiger partial charge in [-0.25, -0.2) is 4.98 Å². The number of carbonyl (C=O) groups excluding carboxylic acids is 1. The molecule has 100 valence electrons. The molecule has 0 aromatic carbocycles. The standard InChI is InChI=1S/C12H19N3OS2/c1-12(2)3-4-15(5-6-18-12)10(16)7-9-8-17-11(13)14-9/h8H,3-7H2,1-2H3,(H2,13,14). The molecule has 0 radical (unpaired) electrons. The van der Waals surface area contributed by atoms with Crippen molar-refractivity contribution in [3.8, 4) is 0 Å². The third-order valence-electron chi connectivity index (χ3n) is 3.09. The molecule has 2 rings (SSSR count). The molecule has 1 aliphatic heterocycles. The number of rotatable bonds is 2. The maximum absolute atomic E-state index is 12.2. The van der Waals surface area contributed by atoms with E-state index in [1.807, 2.05) is 22.0 Å². The highest BCUT2D eigenvalue weighted by Gasteiger charge is 2.26. The van der Waals surface area contributed by atoms with Gasteiger partial charge >= 0.3 is 0 Å². The number of carbonyl (C=O) groups is 1. The molecular formula is C12H19N3OS2. The quantitative estimate of drug-likeness (QED) is 0.903. The summed E-state index contributed by atoms with van der Waals surface area (Å²) in [7, 11) is 0. The molecule has 0 unspecified atom stereocenters. The van der Waals surface area contributed by atoms with Crippen molar-refractivity contribution in [3.05, 3.63) is 11.1 Å². The summed E-state index contributed by atoms with van der Waals surface area (Å²) in [4.78, 5) is 18.3. The van der Waals surface area contributed by atoms with Gasteiger partial charge in [0, 0.05) is 29.0 Å². The summed E-state index contributed by atoms with van der Waals surface area (Å²) in [5.41, 5.74) is 6.36. The smallest absolute Gasteiger partial charge is 0.228 e. The summed E-state index contributed by atoms with van der Waals surface area (Å²) >= 11 is 3.33. The maximum atomic E-state index is 12.2. The normalized spacial score (nSPS) is 19.6. The zero-order chi connectivity index (χ0) is 13.2. The van der Waals surface area contributed by atoms with Crippen molar-refractivity contribution in [1.82, 2.24) is 9.88 Å². The number of thioether (sulfide) groups is 1. The third-order valence-corrected chi connectivity index (χ3v) is 5.19. The summed E-state index contributed by atoms with van der Waals surface area (Å²) in [6.45, 7) is 6.17. The minimum Gasteiger partial charge on any atom is -0.375 e. The van der Waals surface area contributed by atoms with Gasteiger partial charge in [-0.05, 0) is 6.42 Å². The van der Waals surface area contributed by atoms with E-state index in [1.54, 1.807) is 0 Å². The Labute approximate surface area is 116 Å². The molecule has 2 heterocycles. The zero-order valence-electron chi connectivity index (χ0n) is 10.8. The van der Waals surface area contributed by atoms with Gasteiger partial charge in [-0.3, -0.25) is 4.79 Å². The average Bonchev–Trinajstić information content (AvgIpc) is 2.58. The van der Waals surface area contributed by atoms with Gasteiger partial charge in [0.2, 0.25) is 5.91 Å². The predicted molar refractivity (Wildman–Crippen MR) is 78.0 cm³/mol. The first-order chi connectivity index (χ1) is 8.46. The number of hydrogen-bond acceptors (Lipinski definition) is 5. The molecule has 1 aromatic heterocycles. The summed E-state index contributed by atoms with van der Waals surface area (Å²) in [6, 6.07) is 0. The Bertz CT molecular complexity index is 431. The lowest BCUT2D eigenvalue weighted by Crippen LogP contribution is -2.34. The van der Waals surface area contributed by atoms with Gasteiger partial charge in [0.25, 0.3) is 0 Å². The second kappa shape index (κ2) is 5.48. The van der Waals surface area contributed by atoms with Gasteiger partial charge in [-0.15, -0.1) is 11.3 Å². The van der Waals surface area contributed by atoms with Gasteiger partial charge in [0.1, 0.15) is 0 Å². The number of amides is 1. The van der Waals surface area contributed by atoms with E-state index in [2.05, 4.69) is 18.8 Å². The van der Waals surface area contributed by atoms with Crippen LogP contribution < -0.4 is 5.73 Å². The topological polar surface area (TPSA) is 59.2 Å². The minimum absolute atomic E-state index is 0.165. The predicted octanol–water partition coefficient (Wildman–Crippen LogP) is 2.01. The highest BCUT2D eigenvalue weighted by Crippen LogP contribution is 2.30. The number of nitrogen functional groups attached to an aromatic ring is 1. The maximum Gasteiger partial charge on any atom is 0.228 e. The molecule has 1 aliphatic rings. The van der Waals surface area contributed by atoms with Crippen molar-refractivity contribution in [2.45, 2.75) is 31.4 Å². The lowest BCUT2D eigenvalue weighted by atomic mass is 10.1. The first kappa shape index (κ1) is 13.7. The number of hydrogen-bond donors (Lipinski definition) is 1. The Hall–Kier alpha value is -0.750. The van der Waals surface area contributed by atoms with Crippen LogP contribution in [0.1, 0.15) is 26.0 Å². The molecule has 0 bridgehead atoms. The van der Waals surface area contributed by atoms with E-state index in [9.17, 15) is 4.79 Å². The summed E-state index contributed by atoms with van der Waals surface area (Å²) in [5, 5.41) is 2.40. The fourth-order valence-corrected chi connectivity index (χ4v) is 3.60. The van der Waals surface area contributed by atoms with Crippen LogP contribution >= 0.6 is 23.1 Å². The van der Waals surface area contributed by atoms with Gasteiger partial charge in [0.15, 0.2) is 5.13 Å².